The van der Waals surface area contributed by atoms with Crippen LogP contribution in [0, 0.1) is 11.8 Å². The fraction of sp³-hybridized carbons (Fsp3) is 0.818. The third kappa shape index (κ3) is 5.94. The molecule has 4 atom stereocenters. The quantitative estimate of drug-likeness (QED) is 0.215. The second kappa shape index (κ2) is 11.5. The van der Waals surface area contributed by atoms with Crippen molar-refractivity contribution in [3.05, 3.63) is 12.2 Å². The molecule has 148 valence electrons. The summed E-state index contributed by atoms with van der Waals surface area (Å²) in [5, 5.41) is 0. The maximum atomic E-state index is 11.1. The van der Waals surface area contributed by atoms with E-state index in [9.17, 15) is 9.59 Å². The van der Waals surface area contributed by atoms with Crippen LogP contribution in [0.25, 0.3) is 0 Å². The Bertz CT molecular complexity index is 431. The minimum atomic E-state index is -0.429. The molecule has 26 heavy (non-hydrogen) atoms. The van der Waals surface area contributed by atoms with Crippen LogP contribution in [0.5, 0.6) is 0 Å². The van der Waals surface area contributed by atoms with Crippen molar-refractivity contribution >= 4 is 11.9 Å². The molecule has 0 spiro atoms. The molecule has 0 aromatic heterocycles. The summed E-state index contributed by atoms with van der Waals surface area (Å²) in [6, 6.07) is 0. The fourth-order valence-electron chi connectivity index (χ4n) is 4.02. The van der Waals surface area contributed by atoms with Gasteiger partial charge in [-0.05, 0) is 0 Å². The van der Waals surface area contributed by atoms with Crippen molar-refractivity contribution in [2.24, 2.45) is 11.8 Å². The predicted octanol–water partition coefficient (Wildman–Crippen LogP) is 5.35. The summed E-state index contributed by atoms with van der Waals surface area (Å²) in [5.41, 5.74) is 0. The van der Waals surface area contributed by atoms with Gasteiger partial charge in [0.1, 0.15) is 11.8 Å². The number of rotatable bonds is 11. The van der Waals surface area contributed by atoms with E-state index < -0.39 is 11.9 Å². The highest BCUT2D eigenvalue weighted by Gasteiger charge is 2.59. The van der Waals surface area contributed by atoms with Crippen LogP contribution in [0.3, 0.4) is 0 Å². The average Bonchev–Trinajstić information content (AvgIpc) is 3.32. The predicted molar refractivity (Wildman–Crippen MR) is 103 cm³/mol. The Hall–Kier alpha value is -1.16. The first-order valence-corrected chi connectivity index (χ1v) is 10.8. The highest BCUT2D eigenvalue weighted by Crippen LogP contribution is 2.43. The maximum absolute atomic E-state index is 11.1. The van der Waals surface area contributed by atoms with E-state index in [4.69, 9.17) is 4.74 Å². The maximum Gasteiger partial charge on any atom is 0.320 e. The Labute approximate surface area is 158 Å². The first-order chi connectivity index (χ1) is 12.7. The van der Waals surface area contributed by atoms with Crippen LogP contribution in [0.4, 0.5) is 0 Å². The van der Waals surface area contributed by atoms with Crippen LogP contribution in [-0.2, 0) is 19.1 Å². The molecule has 2 fully saturated rings. The van der Waals surface area contributed by atoms with Crippen molar-refractivity contribution in [1.29, 1.82) is 0 Å². The minimum Gasteiger partial charge on any atom is -0.393 e. The normalized spacial score (nSPS) is 28.1. The van der Waals surface area contributed by atoms with Gasteiger partial charge in [-0.3, -0.25) is 9.59 Å². The van der Waals surface area contributed by atoms with Gasteiger partial charge in [-0.25, -0.2) is 0 Å². The van der Waals surface area contributed by atoms with Crippen molar-refractivity contribution in [3.8, 4) is 0 Å². The molecule has 0 aromatic rings. The summed E-state index contributed by atoms with van der Waals surface area (Å²) in [5.74, 6) is -1.59. The van der Waals surface area contributed by atoms with Crippen molar-refractivity contribution in [3.63, 3.8) is 0 Å². The van der Waals surface area contributed by atoms with Crippen LogP contribution in [0.1, 0.15) is 90.9 Å². The molecule has 4 heteroatoms. The summed E-state index contributed by atoms with van der Waals surface area (Å²) >= 11 is 0. The lowest BCUT2D eigenvalue weighted by atomic mass is 9.85. The molecule has 3 heterocycles. The van der Waals surface area contributed by atoms with E-state index in [0.29, 0.717) is 0 Å². The number of carbonyl (C=O) groups excluding carboxylic acids is 2. The third-order valence-electron chi connectivity index (χ3n) is 5.60. The highest BCUT2D eigenvalue weighted by atomic mass is 16.6. The second-order valence-electron chi connectivity index (χ2n) is 7.78. The Balaban J connectivity index is 0.000000187. The Morgan fingerprint density at radius 1 is 0.654 bits per heavy atom. The Kier molecular flexibility index (Phi) is 9.38. The molecule has 0 saturated carbocycles. The number of esters is 2. The van der Waals surface area contributed by atoms with E-state index >= 15 is 0 Å². The van der Waals surface area contributed by atoms with Gasteiger partial charge in [-0.2, -0.15) is 0 Å². The van der Waals surface area contributed by atoms with E-state index in [1.165, 1.54) is 77.0 Å². The van der Waals surface area contributed by atoms with Gasteiger partial charge in [0.15, 0.2) is 0 Å². The molecule has 2 saturated heterocycles. The molecule has 2 bridgehead atoms. The molecule has 3 aliphatic rings. The molecular weight excluding hydrogens is 328 g/mol. The van der Waals surface area contributed by atoms with Gasteiger partial charge in [0, 0.05) is 0 Å². The number of hydrogen-bond donors (Lipinski definition) is 0. The van der Waals surface area contributed by atoms with E-state index in [2.05, 4.69) is 18.6 Å². The van der Waals surface area contributed by atoms with Crippen LogP contribution >= 0.6 is 0 Å². The van der Waals surface area contributed by atoms with Gasteiger partial charge in [0.25, 0.3) is 0 Å². The van der Waals surface area contributed by atoms with Crippen molar-refractivity contribution < 1.29 is 19.1 Å². The monoisotopic (exact) mass is 364 g/mol. The van der Waals surface area contributed by atoms with Crippen LogP contribution in [-0.4, -0.2) is 24.1 Å². The zero-order valence-electron chi connectivity index (χ0n) is 16.6. The van der Waals surface area contributed by atoms with E-state index in [-0.39, 0.29) is 24.0 Å². The van der Waals surface area contributed by atoms with Crippen molar-refractivity contribution in [2.75, 3.05) is 0 Å². The van der Waals surface area contributed by atoms with E-state index in [1.54, 1.807) is 0 Å². The van der Waals surface area contributed by atoms with Crippen LogP contribution < -0.4 is 0 Å². The molecule has 4 unspecified atom stereocenters. The number of carbonyl (C=O) groups is 2. The smallest absolute Gasteiger partial charge is 0.320 e. The van der Waals surface area contributed by atoms with Gasteiger partial charge < -0.3 is 9.47 Å². The molecule has 3 aliphatic heterocycles. The lowest BCUT2D eigenvalue weighted by Crippen LogP contribution is -2.26. The lowest BCUT2D eigenvalue weighted by molar-refractivity contribution is -0.156. The summed E-state index contributed by atoms with van der Waals surface area (Å²) < 4.78 is 9.86. The zero-order chi connectivity index (χ0) is 18.8. The highest BCUT2D eigenvalue weighted by molar-refractivity contribution is 5.98. The second-order valence-corrected chi connectivity index (χ2v) is 7.78. The largest absolute Gasteiger partial charge is 0.393 e. The summed E-state index contributed by atoms with van der Waals surface area (Å²) in [4.78, 5) is 22.2. The first-order valence-electron chi connectivity index (χ1n) is 10.8. The van der Waals surface area contributed by atoms with Crippen LogP contribution in [0.15, 0.2) is 12.2 Å². The van der Waals surface area contributed by atoms with E-state index in [0.717, 1.165) is 0 Å². The molecular formula is C22H36O4. The number of unbranched alkanes of at least 4 members (excludes halogenated alkanes) is 11. The summed E-state index contributed by atoms with van der Waals surface area (Å²) in [7, 11) is 0. The van der Waals surface area contributed by atoms with Gasteiger partial charge >= 0.3 is 11.9 Å². The molecule has 0 aliphatic carbocycles. The van der Waals surface area contributed by atoms with Gasteiger partial charge in [-0.15, -0.1) is 0 Å². The zero-order valence-corrected chi connectivity index (χ0v) is 16.6. The first kappa shape index (κ1) is 21.1. The van der Waals surface area contributed by atoms with Gasteiger partial charge in [-0.1, -0.05) is 103 Å². The Morgan fingerprint density at radius 3 is 1.35 bits per heavy atom. The number of cyclic esters (lactones) is 2. The standard InChI is InChI=1S/C14H30.C8H6O4/c1-3-5-7-9-11-13-14-12-10-8-6-4-2;9-7-5-3-1-2-4(11-3)6(5)8(10)12-7/h3-14H2,1-2H3;1-6H. The van der Waals surface area contributed by atoms with Crippen molar-refractivity contribution in [2.45, 2.75) is 103 Å². The molecule has 0 N–H and O–H groups in total. The topological polar surface area (TPSA) is 52.6 Å². The molecule has 0 radical (unpaired) electrons. The fourth-order valence-corrected chi connectivity index (χ4v) is 4.02. The van der Waals surface area contributed by atoms with Crippen molar-refractivity contribution in [1.82, 2.24) is 0 Å². The SMILES string of the molecule is CCCCCCCCCCCCCC.O=C1OC(=O)C2C3C=CC(O3)C12. The third-order valence-corrected chi connectivity index (χ3v) is 5.60. The summed E-state index contributed by atoms with van der Waals surface area (Å²) in [6.07, 6.45) is 20.6. The van der Waals surface area contributed by atoms with Gasteiger partial charge in [0.05, 0.1) is 12.2 Å². The summed E-state index contributed by atoms with van der Waals surface area (Å²) in [6.45, 7) is 4.57. The Morgan fingerprint density at radius 2 is 1.00 bits per heavy atom. The van der Waals surface area contributed by atoms with Gasteiger partial charge in [0.2, 0.25) is 0 Å². The molecule has 3 rings (SSSR count). The average molecular weight is 365 g/mol. The van der Waals surface area contributed by atoms with E-state index in [1.807, 2.05) is 12.2 Å². The number of hydrogen-bond acceptors (Lipinski definition) is 4. The molecule has 0 amide bonds. The lowest BCUT2D eigenvalue weighted by Gasteiger charge is -2.08. The van der Waals surface area contributed by atoms with Crippen LogP contribution in [0.2, 0.25) is 0 Å². The molecule has 4 nitrogen and oxygen atoms in total. The number of fused-ring (bicyclic) bond motifs is 5. The minimum absolute atomic E-state index is 0.223. The molecule has 0 aromatic carbocycles. The number of ether oxygens (including phenoxy) is 2.